The van der Waals surface area contributed by atoms with E-state index in [1.165, 1.54) is 51.6 Å². The molecule has 0 aromatic carbocycles. The highest BCUT2D eigenvalue weighted by atomic mass is 15.2. The van der Waals surface area contributed by atoms with Gasteiger partial charge in [0.25, 0.3) is 0 Å². The molecule has 0 radical (unpaired) electrons. The zero-order valence-corrected chi connectivity index (χ0v) is 12.8. The predicted octanol–water partition coefficient (Wildman–Crippen LogP) is 3.42. The van der Waals surface area contributed by atoms with Gasteiger partial charge < -0.3 is 5.32 Å². The topological polar surface area (TPSA) is 15.3 Å². The zero-order valence-electron chi connectivity index (χ0n) is 12.8. The first-order valence-electron chi connectivity index (χ1n) is 8.06. The van der Waals surface area contributed by atoms with Crippen LogP contribution < -0.4 is 5.32 Å². The zero-order chi connectivity index (χ0) is 13.2. The van der Waals surface area contributed by atoms with Crippen LogP contribution in [0, 0.1) is 5.92 Å². The van der Waals surface area contributed by atoms with Gasteiger partial charge in [-0.3, -0.25) is 4.90 Å². The van der Waals surface area contributed by atoms with Gasteiger partial charge in [0.15, 0.2) is 0 Å². The van der Waals surface area contributed by atoms with Crippen LogP contribution >= 0.6 is 0 Å². The summed E-state index contributed by atoms with van der Waals surface area (Å²) in [4.78, 5) is 2.76. The highest BCUT2D eigenvalue weighted by molar-refractivity contribution is 4.99. The van der Waals surface area contributed by atoms with E-state index in [1.807, 2.05) is 0 Å². The Labute approximate surface area is 114 Å². The molecule has 2 saturated heterocycles. The maximum atomic E-state index is 3.85. The van der Waals surface area contributed by atoms with E-state index in [-0.39, 0.29) is 0 Å². The third-order valence-electron chi connectivity index (χ3n) is 5.32. The van der Waals surface area contributed by atoms with Crippen LogP contribution in [-0.2, 0) is 0 Å². The van der Waals surface area contributed by atoms with Crippen molar-refractivity contribution in [2.45, 2.75) is 83.8 Å². The van der Waals surface area contributed by atoms with Crippen molar-refractivity contribution in [1.82, 2.24) is 10.2 Å². The van der Waals surface area contributed by atoms with Crippen molar-refractivity contribution in [3.05, 3.63) is 0 Å². The van der Waals surface area contributed by atoms with E-state index < -0.39 is 0 Å². The highest BCUT2D eigenvalue weighted by Crippen LogP contribution is 2.36. The monoisotopic (exact) mass is 252 g/mol. The quantitative estimate of drug-likeness (QED) is 0.825. The Bertz CT molecular complexity index is 254. The summed E-state index contributed by atoms with van der Waals surface area (Å²) in [5.74, 6) is 0.760. The number of likely N-dealkylation sites (tertiary alicyclic amines) is 1. The summed E-state index contributed by atoms with van der Waals surface area (Å²) in [5.41, 5.74) is 0.426. The minimum atomic E-state index is 0.426. The molecular weight excluding hydrogens is 220 g/mol. The predicted molar refractivity (Wildman–Crippen MR) is 78.9 cm³/mol. The molecular formula is C16H32N2. The van der Waals surface area contributed by atoms with Crippen LogP contribution in [0.4, 0.5) is 0 Å². The van der Waals surface area contributed by atoms with Crippen molar-refractivity contribution in [3.63, 3.8) is 0 Å². The molecule has 0 saturated carbocycles. The largest absolute Gasteiger partial charge is 0.311 e. The van der Waals surface area contributed by atoms with E-state index >= 15 is 0 Å². The van der Waals surface area contributed by atoms with Gasteiger partial charge in [0, 0.05) is 17.6 Å². The Morgan fingerprint density at radius 1 is 1.17 bits per heavy atom. The number of hydrogen-bond donors (Lipinski definition) is 1. The molecule has 0 aliphatic carbocycles. The third-order valence-corrected chi connectivity index (χ3v) is 5.32. The molecule has 1 N–H and O–H groups in total. The molecule has 2 aliphatic rings. The molecule has 2 rings (SSSR count). The number of hydrogen-bond acceptors (Lipinski definition) is 2. The lowest BCUT2D eigenvalue weighted by Crippen LogP contribution is -2.53. The molecule has 2 unspecified atom stereocenters. The average Bonchev–Trinajstić information content (AvgIpc) is 2.79. The van der Waals surface area contributed by atoms with Gasteiger partial charge in [-0.05, 0) is 65.0 Å². The minimum Gasteiger partial charge on any atom is -0.311 e. The van der Waals surface area contributed by atoms with Crippen LogP contribution in [-0.4, -0.2) is 35.6 Å². The Morgan fingerprint density at radius 3 is 2.50 bits per heavy atom. The molecule has 18 heavy (non-hydrogen) atoms. The maximum Gasteiger partial charge on any atom is 0.0219 e. The summed E-state index contributed by atoms with van der Waals surface area (Å²) in [7, 11) is 0. The van der Waals surface area contributed by atoms with Gasteiger partial charge in [-0.25, -0.2) is 0 Å². The molecule has 2 atom stereocenters. The van der Waals surface area contributed by atoms with Crippen LogP contribution in [0.15, 0.2) is 0 Å². The van der Waals surface area contributed by atoms with Crippen molar-refractivity contribution in [1.29, 1.82) is 0 Å². The van der Waals surface area contributed by atoms with E-state index in [4.69, 9.17) is 0 Å². The van der Waals surface area contributed by atoms with Crippen molar-refractivity contribution < 1.29 is 0 Å². The van der Waals surface area contributed by atoms with Gasteiger partial charge in [0.2, 0.25) is 0 Å². The van der Waals surface area contributed by atoms with Gasteiger partial charge in [0.1, 0.15) is 0 Å². The first kappa shape index (κ1) is 14.3. The summed E-state index contributed by atoms with van der Waals surface area (Å²) in [6.45, 7) is 12.1. The molecule has 0 bridgehead atoms. The van der Waals surface area contributed by atoms with Crippen LogP contribution in [0.25, 0.3) is 0 Å². The lowest BCUT2D eigenvalue weighted by atomic mass is 9.77. The molecule has 106 valence electrons. The maximum absolute atomic E-state index is 3.85. The second-order valence-corrected chi connectivity index (χ2v) is 7.03. The van der Waals surface area contributed by atoms with E-state index in [2.05, 4.69) is 37.9 Å². The summed E-state index contributed by atoms with van der Waals surface area (Å²) in [5, 5.41) is 3.85. The summed E-state index contributed by atoms with van der Waals surface area (Å²) in [6.07, 6.45) is 8.36. The second-order valence-electron chi connectivity index (χ2n) is 7.03. The van der Waals surface area contributed by atoms with E-state index in [9.17, 15) is 0 Å². The van der Waals surface area contributed by atoms with Gasteiger partial charge in [-0.2, -0.15) is 0 Å². The summed E-state index contributed by atoms with van der Waals surface area (Å²) >= 11 is 0. The van der Waals surface area contributed by atoms with Gasteiger partial charge in [0.05, 0.1) is 0 Å². The molecule has 2 nitrogen and oxygen atoms in total. The molecule has 0 aromatic rings. The number of rotatable bonds is 4. The first-order chi connectivity index (χ1) is 8.55. The van der Waals surface area contributed by atoms with Crippen LogP contribution in [0.3, 0.4) is 0 Å². The fourth-order valence-corrected chi connectivity index (χ4v) is 4.07. The lowest BCUT2D eigenvalue weighted by Gasteiger charge is -2.45. The van der Waals surface area contributed by atoms with Crippen molar-refractivity contribution >= 4 is 0 Å². The van der Waals surface area contributed by atoms with Gasteiger partial charge in [-0.15, -0.1) is 0 Å². The Morgan fingerprint density at radius 2 is 1.94 bits per heavy atom. The lowest BCUT2D eigenvalue weighted by molar-refractivity contribution is 0.0718. The normalized spacial score (nSPS) is 34.7. The number of piperidine rings is 1. The standard InChI is InChI=1S/C16H32N2/c1-13(2)16(9-7-10-17-16)12-15-8-5-6-11-18(15)14(3)4/h13-15,17H,5-12H2,1-4H3. The Kier molecular flexibility index (Phi) is 4.71. The van der Waals surface area contributed by atoms with E-state index in [0.717, 1.165) is 12.0 Å². The molecule has 2 heteroatoms. The Hall–Kier alpha value is -0.0800. The minimum absolute atomic E-state index is 0.426. The van der Waals surface area contributed by atoms with Crippen molar-refractivity contribution in [3.8, 4) is 0 Å². The van der Waals surface area contributed by atoms with E-state index in [0.29, 0.717) is 11.6 Å². The van der Waals surface area contributed by atoms with Gasteiger partial charge in [-0.1, -0.05) is 20.3 Å². The summed E-state index contributed by atoms with van der Waals surface area (Å²) < 4.78 is 0. The van der Waals surface area contributed by atoms with Crippen molar-refractivity contribution in [2.24, 2.45) is 5.92 Å². The molecule has 0 aromatic heterocycles. The molecule has 0 amide bonds. The number of nitrogens with one attached hydrogen (secondary N) is 1. The van der Waals surface area contributed by atoms with Gasteiger partial charge >= 0.3 is 0 Å². The van der Waals surface area contributed by atoms with Crippen LogP contribution in [0.5, 0.6) is 0 Å². The number of nitrogens with zero attached hydrogens (tertiary/aromatic N) is 1. The fourth-order valence-electron chi connectivity index (χ4n) is 4.07. The SMILES string of the molecule is CC(C)N1CCCCC1CC1(C(C)C)CCCN1. The average molecular weight is 252 g/mol. The highest BCUT2D eigenvalue weighted by Gasteiger charge is 2.40. The van der Waals surface area contributed by atoms with Crippen LogP contribution in [0.1, 0.15) is 66.2 Å². The van der Waals surface area contributed by atoms with Crippen LogP contribution in [0.2, 0.25) is 0 Å². The molecule has 2 fully saturated rings. The third kappa shape index (κ3) is 2.91. The second kappa shape index (κ2) is 5.92. The van der Waals surface area contributed by atoms with Crippen molar-refractivity contribution in [2.75, 3.05) is 13.1 Å². The molecule has 2 aliphatic heterocycles. The molecule has 0 spiro atoms. The molecule has 2 heterocycles. The Balaban J connectivity index is 2.05. The fraction of sp³-hybridized carbons (Fsp3) is 1.00. The summed E-state index contributed by atoms with van der Waals surface area (Å²) in [6, 6.07) is 1.52. The van der Waals surface area contributed by atoms with E-state index in [1.54, 1.807) is 0 Å². The first-order valence-corrected chi connectivity index (χ1v) is 8.06. The smallest absolute Gasteiger partial charge is 0.0219 e.